The van der Waals surface area contributed by atoms with E-state index in [1.54, 1.807) is 0 Å². The first kappa shape index (κ1) is 19.5. The van der Waals surface area contributed by atoms with Crippen molar-refractivity contribution >= 4 is 34.4 Å². The molecule has 0 aliphatic rings. The predicted molar refractivity (Wildman–Crippen MR) is 136 cm³/mol. The van der Waals surface area contributed by atoms with Gasteiger partial charge >= 0.3 is 0 Å². The van der Waals surface area contributed by atoms with E-state index in [0.717, 1.165) is 6.04 Å². The second-order valence-corrected chi connectivity index (χ2v) is 12.2. The molecule has 0 heterocycles. The van der Waals surface area contributed by atoms with Crippen LogP contribution in [0.15, 0.2) is 127 Å². The summed E-state index contributed by atoms with van der Waals surface area (Å²) in [4.78, 5) is 0. The zero-order valence-electron chi connectivity index (χ0n) is 17.8. The van der Waals surface area contributed by atoms with Crippen molar-refractivity contribution in [1.29, 1.82) is 0 Å². The Morgan fingerprint density at radius 2 is 1.10 bits per heavy atom. The third kappa shape index (κ3) is 3.62. The Labute approximate surface area is 185 Å². The van der Waals surface area contributed by atoms with E-state index < -0.39 is 8.07 Å². The molecular weight excluding hydrogens is 388 g/mol. The van der Waals surface area contributed by atoms with Crippen LogP contribution in [0.1, 0.15) is 11.1 Å². The minimum Gasteiger partial charge on any atom is -0.0624 e. The van der Waals surface area contributed by atoms with E-state index in [1.165, 1.54) is 37.5 Å². The van der Waals surface area contributed by atoms with Gasteiger partial charge in [0.05, 0.1) is 0 Å². The minimum atomic E-state index is -2.35. The maximum atomic E-state index is 2.38. The number of rotatable bonds is 5. The van der Waals surface area contributed by atoms with Crippen LogP contribution >= 0.6 is 0 Å². The van der Waals surface area contributed by atoms with Crippen LogP contribution in [-0.2, 0) is 6.04 Å². The molecule has 0 aliphatic carbocycles. The third-order valence-corrected chi connectivity index (χ3v) is 11.3. The molecule has 1 unspecified atom stereocenters. The van der Waals surface area contributed by atoms with Crippen molar-refractivity contribution in [3.05, 3.63) is 139 Å². The summed E-state index contributed by atoms with van der Waals surface area (Å²) in [5.74, 6) is 0. The number of aryl methyl sites for hydroxylation is 1. The molecule has 150 valence electrons. The first-order valence-corrected chi connectivity index (χ1v) is 13.1. The van der Waals surface area contributed by atoms with Gasteiger partial charge in [-0.25, -0.2) is 0 Å². The lowest BCUT2D eigenvalue weighted by molar-refractivity contribution is 1.35. The fourth-order valence-corrected chi connectivity index (χ4v) is 9.80. The minimum absolute atomic E-state index is 1.04. The van der Waals surface area contributed by atoms with Crippen molar-refractivity contribution in [1.82, 2.24) is 0 Å². The third-order valence-electron chi connectivity index (χ3n) is 6.37. The summed E-state index contributed by atoms with van der Waals surface area (Å²) in [6.07, 6.45) is 0. The summed E-state index contributed by atoms with van der Waals surface area (Å²) in [5, 5.41) is 7.10. The van der Waals surface area contributed by atoms with Gasteiger partial charge in [0.15, 0.2) is 8.07 Å². The van der Waals surface area contributed by atoms with Gasteiger partial charge in [-0.3, -0.25) is 0 Å². The molecule has 0 aromatic heterocycles. The Morgan fingerprint density at radius 3 is 1.84 bits per heavy atom. The molecule has 0 saturated heterocycles. The van der Waals surface area contributed by atoms with Crippen molar-refractivity contribution in [2.24, 2.45) is 0 Å². The topological polar surface area (TPSA) is 0 Å². The van der Waals surface area contributed by atoms with Crippen LogP contribution in [-0.4, -0.2) is 8.07 Å². The van der Waals surface area contributed by atoms with Gasteiger partial charge in [0.1, 0.15) is 0 Å². The number of hydrogen-bond donors (Lipinski definition) is 0. The van der Waals surface area contributed by atoms with Crippen molar-refractivity contribution in [2.45, 2.75) is 13.0 Å². The maximum absolute atomic E-state index is 2.38. The van der Waals surface area contributed by atoms with Crippen LogP contribution in [0.5, 0.6) is 0 Å². The number of fused-ring (bicyclic) bond motifs is 1. The lowest BCUT2D eigenvalue weighted by Gasteiger charge is -2.35. The molecule has 0 fully saturated rings. The molecule has 5 aromatic carbocycles. The SMILES string of the molecule is Cc1ccc([Si](Cc2ccccc2)(c2ccccc2)c2cccc3ccccc23)cc1. The van der Waals surface area contributed by atoms with Crippen LogP contribution < -0.4 is 15.6 Å². The Kier molecular flexibility index (Phi) is 5.27. The second-order valence-electron chi connectivity index (χ2n) is 8.33. The Balaban J connectivity index is 1.89. The molecule has 0 saturated carbocycles. The van der Waals surface area contributed by atoms with E-state index in [-0.39, 0.29) is 0 Å². The van der Waals surface area contributed by atoms with Crippen LogP contribution in [0.25, 0.3) is 10.8 Å². The van der Waals surface area contributed by atoms with Crippen molar-refractivity contribution < 1.29 is 0 Å². The van der Waals surface area contributed by atoms with Gasteiger partial charge in [0.25, 0.3) is 0 Å². The van der Waals surface area contributed by atoms with Gasteiger partial charge in [-0.15, -0.1) is 0 Å². The van der Waals surface area contributed by atoms with Crippen LogP contribution in [0.2, 0.25) is 0 Å². The van der Waals surface area contributed by atoms with Gasteiger partial charge in [-0.1, -0.05) is 133 Å². The summed E-state index contributed by atoms with van der Waals surface area (Å²) < 4.78 is 0. The molecule has 0 radical (unpaired) electrons. The fraction of sp³-hybridized carbons (Fsp3) is 0.0667. The van der Waals surface area contributed by atoms with E-state index in [2.05, 4.69) is 134 Å². The van der Waals surface area contributed by atoms with E-state index >= 15 is 0 Å². The predicted octanol–water partition coefficient (Wildman–Crippen LogP) is 5.40. The van der Waals surface area contributed by atoms with E-state index in [1.807, 2.05) is 0 Å². The summed E-state index contributed by atoms with van der Waals surface area (Å²) in [7, 11) is -2.35. The highest BCUT2D eigenvalue weighted by Gasteiger charge is 2.40. The maximum Gasteiger partial charge on any atom is 0.153 e. The summed E-state index contributed by atoms with van der Waals surface area (Å²) in [5.41, 5.74) is 2.70. The molecule has 31 heavy (non-hydrogen) atoms. The standard InChI is InChI=1S/C30H26Si/c1-24-19-21-28(22-20-24)31(27-15-6-3-7-16-27,23-25-11-4-2-5-12-25)30-18-10-14-26-13-8-9-17-29(26)30/h2-22H,23H2,1H3. The lowest BCUT2D eigenvalue weighted by atomic mass is 10.1. The monoisotopic (exact) mass is 414 g/mol. The van der Waals surface area contributed by atoms with Gasteiger partial charge in [0.2, 0.25) is 0 Å². The lowest BCUT2D eigenvalue weighted by Crippen LogP contribution is -2.69. The van der Waals surface area contributed by atoms with Gasteiger partial charge in [-0.05, 0) is 44.9 Å². The average molecular weight is 415 g/mol. The highest BCUT2D eigenvalue weighted by atomic mass is 28.3. The highest BCUT2D eigenvalue weighted by molar-refractivity contribution is 7.12. The first-order valence-electron chi connectivity index (χ1n) is 10.9. The van der Waals surface area contributed by atoms with Crippen molar-refractivity contribution in [3.8, 4) is 0 Å². The van der Waals surface area contributed by atoms with Crippen LogP contribution in [0.4, 0.5) is 0 Å². The van der Waals surface area contributed by atoms with Gasteiger partial charge < -0.3 is 0 Å². The number of hydrogen-bond acceptors (Lipinski definition) is 0. The fourth-order valence-electron chi connectivity index (χ4n) is 4.84. The zero-order valence-corrected chi connectivity index (χ0v) is 18.8. The zero-order chi connectivity index (χ0) is 21.1. The molecule has 1 atom stereocenters. The molecule has 5 rings (SSSR count). The highest BCUT2D eigenvalue weighted by Crippen LogP contribution is 2.20. The van der Waals surface area contributed by atoms with Crippen LogP contribution in [0.3, 0.4) is 0 Å². The normalized spacial score (nSPS) is 13.1. The molecule has 0 bridgehead atoms. The summed E-state index contributed by atoms with van der Waals surface area (Å²) in [6, 6.07) is 48.2. The Bertz CT molecular complexity index is 1290. The number of benzene rings is 5. The second kappa shape index (κ2) is 8.37. The Hall–Kier alpha value is -3.42. The molecular formula is C30H26Si. The van der Waals surface area contributed by atoms with Gasteiger partial charge in [-0.2, -0.15) is 0 Å². The van der Waals surface area contributed by atoms with Crippen molar-refractivity contribution in [3.63, 3.8) is 0 Å². The van der Waals surface area contributed by atoms with E-state index in [0.29, 0.717) is 0 Å². The molecule has 5 aromatic rings. The molecule has 0 aliphatic heterocycles. The average Bonchev–Trinajstić information content (AvgIpc) is 2.84. The largest absolute Gasteiger partial charge is 0.153 e. The summed E-state index contributed by atoms with van der Waals surface area (Å²) >= 11 is 0. The van der Waals surface area contributed by atoms with Gasteiger partial charge in [0, 0.05) is 0 Å². The molecule has 1 heteroatoms. The smallest absolute Gasteiger partial charge is 0.0624 e. The molecule has 0 nitrogen and oxygen atoms in total. The van der Waals surface area contributed by atoms with Crippen molar-refractivity contribution in [2.75, 3.05) is 0 Å². The first-order chi connectivity index (χ1) is 15.3. The molecule has 0 spiro atoms. The molecule has 0 N–H and O–H groups in total. The quantitative estimate of drug-likeness (QED) is 0.267. The van der Waals surface area contributed by atoms with Crippen LogP contribution in [0, 0.1) is 6.92 Å². The molecule has 0 amide bonds. The Morgan fingerprint density at radius 1 is 0.516 bits per heavy atom. The summed E-state index contributed by atoms with van der Waals surface area (Å²) in [6.45, 7) is 2.17. The van der Waals surface area contributed by atoms with E-state index in [4.69, 9.17) is 0 Å². The van der Waals surface area contributed by atoms with E-state index in [9.17, 15) is 0 Å².